The first kappa shape index (κ1) is 24.2. The van der Waals surface area contributed by atoms with Gasteiger partial charge >= 0.3 is 14.2 Å². The molecule has 152 valence electrons. The van der Waals surface area contributed by atoms with Gasteiger partial charge in [0.25, 0.3) is 0 Å². The van der Waals surface area contributed by atoms with Crippen molar-refractivity contribution < 1.29 is 18.6 Å². The molecule has 1 rings (SSSR count). The maximum Gasteiger partial charge on any atom is 0.487 e. The first-order chi connectivity index (χ1) is 12.5. The van der Waals surface area contributed by atoms with Crippen LogP contribution in [-0.4, -0.2) is 37.6 Å². The molecule has 6 heteroatoms. The molecule has 1 aliphatic rings. The average Bonchev–Trinajstić information content (AvgIpc) is 2.69. The summed E-state index contributed by atoms with van der Waals surface area (Å²) in [5, 5.41) is 0. The fourth-order valence-corrected chi connectivity index (χ4v) is 2.63. The zero-order valence-electron chi connectivity index (χ0n) is 18.7. The smallest absolute Gasteiger partial charge is 0.405 e. The Bertz CT molecular complexity index is 510. The molecule has 0 amide bonds. The Morgan fingerprint density at radius 1 is 0.963 bits per heavy atom. The summed E-state index contributed by atoms with van der Waals surface area (Å²) in [5.74, 6) is 4.02. The van der Waals surface area contributed by atoms with Crippen LogP contribution in [0.2, 0.25) is 0 Å². The molecule has 0 radical (unpaired) electrons. The van der Waals surface area contributed by atoms with Gasteiger partial charge in [0.1, 0.15) is 0 Å². The van der Waals surface area contributed by atoms with Crippen molar-refractivity contribution in [2.75, 3.05) is 0 Å². The summed E-state index contributed by atoms with van der Waals surface area (Å²) in [6, 6.07) is 0. The van der Waals surface area contributed by atoms with Crippen LogP contribution >= 0.6 is 0 Å². The van der Waals surface area contributed by atoms with E-state index in [1.54, 1.807) is 0 Å². The molecule has 1 saturated heterocycles. The summed E-state index contributed by atoms with van der Waals surface area (Å²) in [6.45, 7) is 18.5. The fraction of sp³-hybridized carbons (Fsp3) is 0.714. The minimum absolute atomic E-state index is 0.111. The normalized spacial score (nSPS) is 20.0. The Morgan fingerprint density at radius 3 is 1.93 bits per heavy atom. The van der Waals surface area contributed by atoms with E-state index in [1.807, 2.05) is 45.8 Å². The van der Waals surface area contributed by atoms with E-state index in [9.17, 15) is 0 Å². The second-order valence-electron chi connectivity index (χ2n) is 8.60. The lowest BCUT2D eigenvalue weighted by Crippen LogP contribution is -2.41. The van der Waals surface area contributed by atoms with Crippen molar-refractivity contribution in [3.63, 3.8) is 0 Å². The summed E-state index contributed by atoms with van der Waals surface area (Å²) in [5.41, 5.74) is 0.575. The van der Waals surface area contributed by atoms with Crippen molar-refractivity contribution in [3.8, 4) is 0 Å². The summed E-state index contributed by atoms with van der Waals surface area (Å²) < 4.78 is 23.7. The van der Waals surface area contributed by atoms with Crippen LogP contribution in [0.5, 0.6) is 0 Å². The van der Waals surface area contributed by atoms with Crippen molar-refractivity contribution in [1.29, 1.82) is 0 Å². The molecule has 0 spiro atoms. The lowest BCUT2D eigenvalue weighted by atomic mass is 9.84. The molecule has 4 nitrogen and oxygen atoms in total. The van der Waals surface area contributed by atoms with Gasteiger partial charge in [0.2, 0.25) is 0 Å². The molecule has 27 heavy (non-hydrogen) atoms. The zero-order chi connectivity index (χ0) is 20.7. The average molecular weight is 376 g/mol. The van der Waals surface area contributed by atoms with Crippen molar-refractivity contribution in [1.82, 2.24) is 0 Å². The highest BCUT2D eigenvalue weighted by Crippen LogP contribution is 2.36. The van der Waals surface area contributed by atoms with Crippen LogP contribution in [0.4, 0.5) is 0 Å². The molecular weight excluding hydrogens is 338 g/mol. The Balaban J connectivity index is 2.77. The summed E-state index contributed by atoms with van der Waals surface area (Å²) >= 11 is 0. The van der Waals surface area contributed by atoms with Crippen molar-refractivity contribution >= 4 is 14.2 Å². The van der Waals surface area contributed by atoms with Gasteiger partial charge in [-0.3, -0.25) is 0 Å². The predicted molar refractivity (Wildman–Crippen MR) is 116 cm³/mol. The quantitative estimate of drug-likeness (QED) is 0.381. The van der Waals surface area contributed by atoms with Crippen molar-refractivity contribution in [2.45, 2.75) is 98.6 Å². The van der Waals surface area contributed by atoms with Crippen LogP contribution in [0.1, 0.15) is 75.2 Å². The summed E-state index contributed by atoms with van der Waals surface area (Å²) in [4.78, 5) is 0. The van der Waals surface area contributed by atoms with Crippen LogP contribution in [0.25, 0.3) is 0 Å². The molecule has 0 saturated carbocycles. The molecule has 0 aromatic carbocycles. The maximum absolute atomic E-state index is 5.97. The molecule has 0 aromatic rings. The van der Waals surface area contributed by atoms with Gasteiger partial charge in [-0.2, -0.15) is 0 Å². The molecule has 0 aromatic heterocycles. The van der Waals surface area contributed by atoms with Gasteiger partial charge in [0.15, 0.2) is 0 Å². The number of rotatable bonds is 10. The molecule has 1 aliphatic heterocycles. The van der Waals surface area contributed by atoms with E-state index in [1.165, 1.54) is 5.57 Å². The van der Waals surface area contributed by atoms with Crippen molar-refractivity contribution in [3.05, 3.63) is 35.8 Å². The Morgan fingerprint density at radius 2 is 1.48 bits per heavy atom. The number of allylic oxidation sites excluding steroid dienone is 4. The first-order valence-corrected chi connectivity index (χ1v) is 10.2. The predicted octanol–water partition coefficient (Wildman–Crippen LogP) is 5.33. The molecule has 0 bridgehead atoms. The second-order valence-corrected chi connectivity index (χ2v) is 8.60. The van der Waals surface area contributed by atoms with Gasteiger partial charge in [-0.1, -0.05) is 49.1 Å². The van der Waals surface area contributed by atoms with E-state index in [-0.39, 0.29) is 37.6 Å². The van der Waals surface area contributed by atoms with Gasteiger partial charge in [0.05, 0.1) is 11.2 Å². The Kier molecular flexibility index (Phi) is 9.56. The number of hydrogen-bond acceptors (Lipinski definition) is 4. The van der Waals surface area contributed by atoms with Crippen molar-refractivity contribution in [2.24, 2.45) is 0 Å². The van der Waals surface area contributed by atoms with E-state index >= 15 is 0 Å². The molecule has 0 aliphatic carbocycles. The van der Waals surface area contributed by atoms with Gasteiger partial charge < -0.3 is 18.6 Å². The molecular formula is C21H38B2O4. The van der Waals surface area contributed by atoms with E-state index in [4.69, 9.17) is 18.6 Å². The Labute approximate surface area is 167 Å². The summed E-state index contributed by atoms with van der Waals surface area (Å²) in [6.07, 6.45) is 8.36. The third-order valence-electron chi connectivity index (χ3n) is 4.66. The highest BCUT2D eigenvalue weighted by atomic mass is 16.7. The third kappa shape index (κ3) is 8.39. The monoisotopic (exact) mass is 376 g/mol. The van der Waals surface area contributed by atoms with E-state index < -0.39 is 0 Å². The largest absolute Gasteiger partial charge is 0.487 e. The van der Waals surface area contributed by atoms with Crippen LogP contribution in [0.15, 0.2) is 35.8 Å². The van der Waals surface area contributed by atoms with Crippen LogP contribution in [-0.2, 0) is 18.6 Å². The van der Waals surface area contributed by atoms with Crippen LogP contribution in [0, 0.1) is 0 Å². The number of hydrogen-bond donors (Lipinski definition) is 0. The van der Waals surface area contributed by atoms with Gasteiger partial charge in [-0.15, -0.1) is 0 Å². The van der Waals surface area contributed by atoms with Crippen LogP contribution in [0.3, 0.4) is 0 Å². The lowest BCUT2D eigenvalue weighted by molar-refractivity contribution is 0.00578. The molecule has 1 fully saturated rings. The lowest BCUT2D eigenvalue weighted by Gasteiger charge is -2.32. The SMILES string of the molecule is CCCC(/C=C/C=C/B1OC(C)(C)C(C)(C)O1)=C\B(OC(C)C)OC(C)C. The first-order valence-electron chi connectivity index (χ1n) is 10.2. The standard InChI is InChI=1S/C21H38B2O4/c1-10-13-19(16-23(24-17(2)3)25-18(4)5)14-11-12-15-22-26-20(6,7)21(8,9)27-22/h11-12,14-18H,10,13H2,1-9H3/b14-11+,15-12+,19-16+. The topological polar surface area (TPSA) is 36.9 Å². The van der Waals surface area contributed by atoms with Gasteiger partial charge in [-0.05, 0) is 61.8 Å². The maximum atomic E-state index is 5.97. The van der Waals surface area contributed by atoms with Gasteiger partial charge in [-0.25, -0.2) is 0 Å². The molecule has 1 heterocycles. The molecule has 0 unspecified atom stereocenters. The second kappa shape index (κ2) is 10.7. The molecule has 0 N–H and O–H groups in total. The minimum atomic E-state index is -0.330. The summed E-state index contributed by atoms with van der Waals surface area (Å²) in [7, 11) is -0.650. The van der Waals surface area contributed by atoms with E-state index in [0.717, 1.165) is 12.8 Å². The highest BCUT2D eigenvalue weighted by Gasteiger charge is 2.49. The van der Waals surface area contributed by atoms with Gasteiger partial charge in [0, 0.05) is 12.2 Å². The van der Waals surface area contributed by atoms with E-state index in [2.05, 4.69) is 46.7 Å². The molecule has 0 atom stereocenters. The minimum Gasteiger partial charge on any atom is -0.405 e. The fourth-order valence-electron chi connectivity index (χ4n) is 2.63. The van der Waals surface area contributed by atoms with E-state index in [0.29, 0.717) is 0 Å². The Hall–Kier alpha value is -0.810. The zero-order valence-corrected chi connectivity index (χ0v) is 18.7. The third-order valence-corrected chi connectivity index (χ3v) is 4.66. The van der Waals surface area contributed by atoms with Crippen LogP contribution < -0.4 is 0 Å². The highest BCUT2D eigenvalue weighted by molar-refractivity contribution is 6.51.